The van der Waals surface area contributed by atoms with Gasteiger partial charge in [0, 0.05) is 32.1 Å². The summed E-state index contributed by atoms with van der Waals surface area (Å²) < 4.78 is 0. The average Bonchev–Trinajstić information content (AvgIpc) is 3.33. The van der Waals surface area contributed by atoms with E-state index in [2.05, 4.69) is 9.88 Å². The number of anilines is 1. The first-order valence-electron chi connectivity index (χ1n) is 7.39. The number of carboxylic acids is 1. The molecule has 1 aromatic rings. The zero-order valence-corrected chi connectivity index (χ0v) is 11.9. The van der Waals surface area contributed by atoms with E-state index >= 15 is 0 Å². The molecule has 1 aliphatic heterocycles. The molecule has 21 heavy (non-hydrogen) atoms. The van der Waals surface area contributed by atoms with Crippen molar-refractivity contribution in [3.63, 3.8) is 0 Å². The Morgan fingerprint density at radius 1 is 1.14 bits per heavy atom. The van der Waals surface area contributed by atoms with Crippen LogP contribution in [0.1, 0.15) is 29.8 Å². The molecule has 1 amide bonds. The van der Waals surface area contributed by atoms with Gasteiger partial charge in [-0.1, -0.05) is 6.07 Å². The van der Waals surface area contributed by atoms with Crippen LogP contribution in [0.4, 0.5) is 5.82 Å². The van der Waals surface area contributed by atoms with Crippen LogP contribution in [0.15, 0.2) is 18.2 Å². The van der Waals surface area contributed by atoms with Crippen LogP contribution in [-0.4, -0.2) is 53.0 Å². The summed E-state index contributed by atoms with van der Waals surface area (Å²) in [4.78, 5) is 31.3. The van der Waals surface area contributed by atoms with E-state index in [0.29, 0.717) is 18.9 Å². The standard InChI is InChI=1S/C15H19N3O3/c19-14(11-5-6-11)18-8-2-7-17(9-10-18)13-4-1-3-12(16-13)15(20)21/h1,3-4,11H,2,5-10H2,(H,20,21). The van der Waals surface area contributed by atoms with Crippen molar-refractivity contribution in [1.29, 1.82) is 0 Å². The van der Waals surface area contributed by atoms with Gasteiger partial charge in [0.15, 0.2) is 5.69 Å². The quantitative estimate of drug-likeness (QED) is 0.906. The van der Waals surface area contributed by atoms with Crippen molar-refractivity contribution < 1.29 is 14.7 Å². The Kier molecular flexibility index (Phi) is 3.77. The molecule has 2 aliphatic rings. The normalized spacial score (nSPS) is 19.2. The van der Waals surface area contributed by atoms with Crippen molar-refractivity contribution in [2.75, 3.05) is 31.1 Å². The number of pyridine rings is 1. The summed E-state index contributed by atoms with van der Waals surface area (Å²) >= 11 is 0. The third kappa shape index (κ3) is 3.15. The third-order valence-corrected chi connectivity index (χ3v) is 4.01. The maximum Gasteiger partial charge on any atom is 0.354 e. The predicted octanol–water partition coefficient (Wildman–Crippen LogP) is 1.23. The second-order valence-corrected chi connectivity index (χ2v) is 5.63. The Morgan fingerprint density at radius 2 is 1.95 bits per heavy atom. The van der Waals surface area contributed by atoms with Gasteiger partial charge in [0.25, 0.3) is 0 Å². The molecule has 0 aromatic carbocycles. The Bertz CT molecular complexity index is 557. The Morgan fingerprint density at radius 3 is 2.67 bits per heavy atom. The van der Waals surface area contributed by atoms with Gasteiger partial charge in [-0.05, 0) is 31.4 Å². The van der Waals surface area contributed by atoms with Crippen LogP contribution in [0.2, 0.25) is 0 Å². The van der Waals surface area contributed by atoms with Gasteiger partial charge in [0.2, 0.25) is 5.91 Å². The molecule has 1 N–H and O–H groups in total. The first kappa shape index (κ1) is 13.9. The number of carboxylic acid groups (broad SMARTS) is 1. The lowest BCUT2D eigenvalue weighted by Crippen LogP contribution is -2.36. The van der Waals surface area contributed by atoms with Gasteiger partial charge in [-0.2, -0.15) is 0 Å². The lowest BCUT2D eigenvalue weighted by molar-refractivity contribution is -0.132. The highest BCUT2D eigenvalue weighted by Gasteiger charge is 2.34. The number of nitrogens with zero attached hydrogens (tertiary/aromatic N) is 3. The molecule has 0 bridgehead atoms. The molecule has 0 atom stereocenters. The van der Waals surface area contributed by atoms with Crippen molar-refractivity contribution in [2.45, 2.75) is 19.3 Å². The largest absolute Gasteiger partial charge is 0.477 e. The van der Waals surface area contributed by atoms with E-state index in [4.69, 9.17) is 5.11 Å². The Balaban J connectivity index is 1.68. The third-order valence-electron chi connectivity index (χ3n) is 4.01. The van der Waals surface area contributed by atoms with Gasteiger partial charge in [0.05, 0.1) is 0 Å². The monoisotopic (exact) mass is 289 g/mol. The maximum atomic E-state index is 12.1. The van der Waals surface area contributed by atoms with E-state index in [1.165, 1.54) is 6.07 Å². The minimum Gasteiger partial charge on any atom is -0.477 e. The number of aromatic carboxylic acids is 1. The number of carbonyl (C=O) groups excluding carboxylic acids is 1. The van der Waals surface area contributed by atoms with Crippen molar-refractivity contribution in [1.82, 2.24) is 9.88 Å². The summed E-state index contributed by atoms with van der Waals surface area (Å²) in [6.07, 6.45) is 2.94. The molecule has 0 unspecified atom stereocenters. The molecule has 2 fully saturated rings. The summed E-state index contributed by atoms with van der Waals surface area (Å²) in [6.45, 7) is 2.97. The highest BCUT2D eigenvalue weighted by molar-refractivity contribution is 5.85. The van der Waals surface area contributed by atoms with Crippen molar-refractivity contribution >= 4 is 17.7 Å². The van der Waals surface area contributed by atoms with E-state index in [1.54, 1.807) is 6.07 Å². The molecule has 2 heterocycles. The molecule has 6 heteroatoms. The zero-order valence-electron chi connectivity index (χ0n) is 11.9. The zero-order chi connectivity index (χ0) is 14.8. The van der Waals surface area contributed by atoms with Gasteiger partial charge < -0.3 is 14.9 Å². The fraction of sp³-hybridized carbons (Fsp3) is 0.533. The molecule has 1 saturated carbocycles. The lowest BCUT2D eigenvalue weighted by Gasteiger charge is -2.23. The summed E-state index contributed by atoms with van der Waals surface area (Å²) in [5.74, 6) is 0.196. The molecular formula is C15H19N3O3. The van der Waals surface area contributed by atoms with Crippen LogP contribution in [0.5, 0.6) is 0 Å². The van der Waals surface area contributed by atoms with Crippen molar-refractivity contribution in [2.24, 2.45) is 5.92 Å². The second kappa shape index (κ2) is 5.71. The lowest BCUT2D eigenvalue weighted by atomic mass is 10.3. The van der Waals surface area contributed by atoms with Crippen LogP contribution in [0.3, 0.4) is 0 Å². The molecular weight excluding hydrogens is 270 g/mol. The minimum atomic E-state index is -1.02. The second-order valence-electron chi connectivity index (χ2n) is 5.63. The van der Waals surface area contributed by atoms with Crippen LogP contribution in [0, 0.1) is 5.92 Å². The summed E-state index contributed by atoms with van der Waals surface area (Å²) in [5.41, 5.74) is 0.0580. The predicted molar refractivity (Wildman–Crippen MR) is 77.3 cm³/mol. The molecule has 0 radical (unpaired) electrons. The number of aromatic nitrogens is 1. The van der Waals surface area contributed by atoms with Gasteiger partial charge >= 0.3 is 5.97 Å². The first-order chi connectivity index (χ1) is 10.1. The number of hydrogen-bond donors (Lipinski definition) is 1. The molecule has 1 aliphatic carbocycles. The smallest absolute Gasteiger partial charge is 0.354 e. The van der Waals surface area contributed by atoms with Gasteiger partial charge in [-0.3, -0.25) is 4.79 Å². The number of carbonyl (C=O) groups is 2. The SMILES string of the molecule is O=C(O)c1cccc(N2CCCN(C(=O)C3CC3)CC2)n1. The minimum absolute atomic E-state index is 0.0580. The van der Waals surface area contributed by atoms with E-state index in [1.807, 2.05) is 11.0 Å². The fourth-order valence-electron chi connectivity index (χ4n) is 2.67. The highest BCUT2D eigenvalue weighted by atomic mass is 16.4. The van der Waals surface area contributed by atoms with Gasteiger partial charge in [-0.25, -0.2) is 9.78 Å². The number of amides is 1. The number of rotatable bonds is 3. The molecule has 1 saturated heterocycles. The van der Waals surface area contributed by atoms with Crippen molar-refractivity contribution in [3.8, 4) is 0 Å². The highest BCUT2D eigenvalue weighted by Crippen LogP contribution is 2.31. The van der Waals surface area contributed by atoms with Crippen LogP contribution in [0.25, 0.3) is 0 Å². The van der Waals surface area contributed by atoms with Gasteiger partial charge in [0.1, 0.15) is 5.82 Å². The topological polar surface area (TPSA) is 73.7 Å². The molecule has 112 valence electrons. The number of hydrogen-bond acceptors (Lipinski definition) is 4. The van der Waals surface area contributed by atoms with E-state index < -0.39 is 5.97 Å². The van der Waals surface area contributed by atoms with Crippen LogP contribution < -0.4 is 4.90 Å². The average molecular weight is 289 g/mol. The molecule has 1 aromatic heterocycles. The van der Waals surface area contributed by atoms with Gasteiger partial charge in [-0.15, -0.1) is 0 Å². The Hall–Kier alpha value is -2.11. The van der Waals surface area contributed by atoms with E-state index in [0.717, 1.165) is 32.4 Å². The summed E-state index contributed by atoms with van der Waals surface area (Å²) in [7, 11) is 0. The van der Waals surface area contributed by atoms with E-state index in [-0.39, 0.29) is 17.5 Å². The fourth-order valence-corrected chi connectivity index (χ4v) is 2.67. The van der Waals surface area contributed by atoms with E-state index in [9.17, 15) is 9.59 Å². The first-order valence-corrected chi connectivity index (χ1v) is 7.39. The van der Waals surface area contributed by atoms with Crippen molar-refractivity contribution in [3.05, 3.63) is 23.9 Å². The molecule has 0 spiro atoms. The Labute approximate surface area is 123 Å². The molecule has 6 nitrogen and oxygen atoms in total. The maximum absolute atomic E-state index is 12.1. The van der Waals surface area contributed by atoms with Crippen LogP contribution in [-0.2, 0) is 4.79 Å². The van der Waals surface area contributed by atoms with Crippen LogP contribution >= 0.6 is 0 Å². The summed E-state index contributed by atoms with van der Waals surface area (Å²) in [5, 5.41) is 9.01. The summed E-state index contributed by atoms with van der Waals surface area (Å²) in [6, 6.07) is 5.03. The molecule has 3 rings (SSSR count).